The van der Waals surface area contributed by atoms with Gasteiger partial charge < -0.3 is 18.7 Å². The van der Waals surface area contributed by atoms with Crippen molar-refractivity contribution in [2.45, 2.75) is 104 Å². The zero-order chi connectivity index (χ0) is 30.9. The first-order valence-corrected chi connectivity index (χ1v) is 17.4. The van der Waals surface area contributed by atoms with Crippen molar-refractivity contribution >= 4 is 15.9 Å². The molecule has 0 amide bonds. The minimum Gasteiger partial charge on any atom is -0.494 e. The molecule has 0 saturated heterocycles. The number of likely N-dealkylation sites (N-methyl/N-ethyl adjacent to an activating group) is 1. The van der Waals surface area contributed by atoms with E-state index in [1.807, 2.05) is 0 Å². The second-order valence-electron chi connectivity index (χ2n) is 14.4. The molecular weight excluding hydrogens is 586 g/mol. The number of hydrogen-bond acceptors (Lipinski definition) is 3. The molecule has 0 aliphatic carbocycles. The molecular formula is C37H61BrNO3+. The zero-order valence-electron chi connectivity index (χ0n) is 28.0. The number of rotatable bonds is 22. The summed E-state index contributed by atoms with van der Waals surface area (Å²) in [4.78, 5) is 0. The standard InChI is InChI=1S/C37H61BrNO3/c1-36(2,3)31-37(4,5)33-18-22-35(23-19-33)42-29-28-40-27-25-39(6,7)30-32-16-20-34(21-17-32)41-26-15-13-11-9-8-10-12-14-24-38/h16-23H,8-15,24-31H2,1-7H3/q+1. The summed E-state index contributed by atoms with van der Waals surface area (Å²) >= 11 is 3.50. The van der Waals surface area contributed by atoms with E-state index in [4.69, 9.17) is 14.2 Å². The van der Waals surface area contributed by atoms with E-state index in [1.54, 1.807) is 0 Å². The average molecular weight is 648 g/mol. The summed E-state index contributed by atoms with van der Waals surface area (Å²) in [6.45, 7) is 16.2. The average Bonchev–Trinajstić information content (AvgIpc) is 2.91. The van der Waals surface area contributed by atoms with Crippen LogP contribution in [0.25, 0.3) is 0 Å². The maximum absolute atomic E-state index is 5.98. The third-order valence-electron chi connectivity index (χ3n) is 7.78. The number of quaternary nitrogens is 1. The van der Waals surface area contributed by atoms with Gasteiger partial charge in [0, 0.05) is 10.9 Å². The van der Waals surface area contributed by atoms with Gasteiger partial charge in [-0.2, -0.15) is 0 Å². The lowest BCUT2D eigenvalue weighted by molar-refractivity contribution is -0.904. The van der Waals surface area contributed by atoms with Gasteiger partial charge in [0.15, 0.2) is 0 Å². The van der Waals surface area contributed by atoms with Gasteiger partial charge in [-0.1, -0.05) is 101 Å². The van der Waals surface area contributed by atoms with Crippen molar-refractivity contribution in [3.63, 3.8) is 0 Å². The van der Waals surface area contributed by atoms with Crippen LogP contribution in [-0.4, -0.2) is 56.9 Å². The van der Waals surface area contributed by atoms with Gasteiger partial charge in [-0.15, -0.1) is 0 Å². The fraction of sp³-hybridized carbons (Fsp3) is 0.676. The van der Waals surface area contributed by atoms with Gasteiger partial charge in [-0.25, -0.2) is 0 Å². The van der Waals surface area contributed by atoms with E-state index in [1.165, 1.54) is 56.1 Å². The Hall–Kier alpha value is -1.56. The molecule has 5 heteroatoms. The normalized spacial score (nSPS) is 12.5. The summed E-state index contributed by atoms with van der Waals surface area (Å²) in [5.74, 6) is 1.88. The van der Waals surface area contributed by atoms with Crippen LogP contribution in [-0.2, 0) is 16.7 Å². The van der Waals surface area contributed by atoms with Gasteiger partial charge in [0.2, 0.25) is 0 Å². The van der Waals surface area contributed by atoms with Crippen molar-refractivity contribution in [2.75, 3.05) is 52.4 Å². The van der Waals surface area contributed by atoms with Crippen LogP contribution < -0.4 is 9.47 Å². The van der Waals surface area contributed by atoms with Crippen LogP contribution in [0.15, 0.2) is 48.5 Å². The Morgan fingerprint density at radius 2 is 1.14 bits per heavy atom. The molecule has 0 unspecified atom stereocenters. The topological polar surface area (TPSA) is 27.7 Å². The van der Waals surface area contributed by atoms with E-state index in [-0.39, 0.29) is 5.41 Å². The SMILES string of the molecule is CC(C)(C)CC(C)(C)c1ccc(OCCOCC[N+](C)(C)Cc2ccc(OCCCCCCCCCCBr)cc2)cc1. The Morgan fingerprint density at radius 3 is 1.71 bits per heavy atom. The summed E-state index contributed by atoms with van der Waals surface area (Å²) in [7, 11) is 4.52. The molecule has 0 fully saturated rings. The largest absolute Gasteiger partial charge is 0.494 e. The Balaban J connectivity index is 1.57. The molecule has 0 saturated carbocycles. The number of nitrogens with zero attached hydrogens (tertiary/aromatic N) is 1. The highest BCUT2D eigenvalue weighted by Gasteiger charge is 2.27. The quantitative estimate of drug-likeness (QED) is 0.0723. The van der Waals surface area contributed by atoms with Crippen molar-refractivity contribution in [2.24, 2.45) is 5.41 Å². The number of benzene rings is 2. The van der Waals surface area contributed by atoms with Crippen LogP contribution in [0.1, 0.15) is 104 Å². The molecule has 4 nitrogen and oxygen atoms in total. The minimum absolute atomic E-state index is 0.145. The predicted octanol–water partition coefficient (Wildman–Crippen LogP) is 9.97. The van der Waals surface area contributed by atoms with Crippen molar-refractivity contribution in [3.8, 4) is 11.5 Å². The minimum atomic E-state index is 0.145. The molecule has 0 spiro atoms. The van der Waals surface area contributed by atoms with Crippen LogP contribution >= 0.6 is 15.9 Å². The number of alkyl halides is 1. The molecule has 0 N–H and O–H groups in total. The van der Waals surface area contributed by atoms with Gasteiger partial charge >= 0.3 is 0 Å². The third kappa shape index (κ3) is 16.3. The maximum atomic E-state index is 5.98. The van der Waals surface area contributed by atoms with E-state index >= 15 is 0 Å². The van der Waals surface area contributed by atoms with E-state index < -0.39 is 0 Å². The van der Waals surface area contributed by atoms with Crippen LogP contribution in [0, 0.1) is 5.41 Å². The van der Waals surface area contributed by atoms with E-state index in [2.05, 4.69) is 113 Å². The summed E-state index contributed by atoms with van der Waals surface area (Å²) in [6.07, 6.45) is 11.6. The van der Waals surface area contributed by atoms with Gasteiger partial charge in [-0.3, -0.25) is 0 Å². The molecule has 42 heavy (non-hydrogen) atoms. The maximum Gasteiger partial charge on any atom is 0.119 e. The van der Waals surface area contributed by atoms with Crippen LogP contribution in [0.4, 0.5) is 0 Å². The van der Waals surface area contributed by atoms with Crippen molar-refractivity contribution < 1.29 is 18.7 Å². The first-order chi connectivity index (χ1) is 19.9. The van der Waals surface area contributed by atoms with Gasteiger partial charge in [0.1, 0.15) is 31.2 Å². The lowest BCUT2D eigenvalue weighted by Gasteiger charge is -2.33. The summed E-state index contributed by atoms with van der Waals surface area (Å²) in [5, 5.41) is 1.14. The molecule has 2 aromatic rings. The van der Waals surface area contributed by atoms with Crippen LogP contribution in [0.5, 0.6) is 11.5 Å². The Labute approximate surface area is 267 Å². The molecule has 0 atom stereocenters. The van der Waals surface area contributed by atoms with E-state index in [0.29, 0.717) is 25.2 Å². The van der Waals surface area contributed by atoms with Crippen LogP contribution in [0.2, 0.25) is 0 Å². The number of halogens is 1. The first kappa shape index (κ1) is 36.6. The fourth-order valence-electron chi connectivity index (χ4n) is 5.77. The van der Waals surface area contributed by atoms with Crippen molar-refractivity contribution in [1.82, 2.24) is 0 Å². The number of ether oxygens (including phenoxy) is 3. The highest BCUT2D eigenvalue weighted by Crippen LogP contribution is 2.36. The molecule has 0 aromatic heterocycles. The molecule has 0 aliphatic heterocycles. The highest BCUT2D eigenvalue weighted by molar-refractivity contribution is 9.09. The van der Waals surface area contributed by atoms with Gasteiger partial charge in [0.05, 0.1) is 33.9 Å². The number of hydrogen-bond donors (Lipinski definition) is 0. The van der Waals surface area contributed by atoms with Crippen molar-refractivity contribution in [1.29, 1.82) is 0 Å². The summed E-state index contributed by atoms with van der Waals surface area (Å²) in [6, 6.07) is 17.2. The third-order valence-corrected chi connectivity index (χ3v) is 8.34. The predicted molar refractivity (Wildman–Crippen MR) is 183 cm³/mol. The van der Waals surface area contributed by atoms with Crippen LogP contribution in [0.3, 0.4) is 0 Å². The Bertz CT molecular complexity index is 964. The first-order valence-electron chi connectivity index (χ1n) is 16.3. The second kappa shape index (κ2) is 19.0. The Kier molecular flexibility index (Phi) is 16.5. The zero-order valence-corrected chi connectivity index (χ0v) is 29.6. The molecule has 2 rings (SSSR count). The summed E-state index contributed by atoms with van der Waals surface area (Å²) in [5.41, 5.74) is 3.13. The molecule has 0 bridgehead atoms. The fourth-order valence-corrected chi connectivity index (χ4v) is 6.17. The van der Waals surface area contributed by atoms with E-state index in [0.717, 1.165) is 53.9 Å². The molecule has 0 heterocycles. The summed E-state index contributed by atoms with van der Waals surface area (Å²) < 4.78 is 18.7. The molecule has 0 radical (unpaired) electrons. The van der Waals surface area contributed by atoms with Gasteiger partial charge in [-0.05, 0) is 72.1 Å². The highest BCUT2D eigenvalue weighted by atomic mass is 79.9. The molecule has 0 aliphatic rings. The molecule has 238 valence electrons. The van der Waals surface area contributed by atoms with Gasteiger partial charge in [0.25, 0.3) is 0 Å². The lowest BCUT2D eigenvalue weighted by Crippen LogP contribution is -2.41. The smallest absolute Gasteiger partial charge is 0.119 e. The Morgan fingerprint density at radius 1 is 0.619 bits per heavy atom. The monoisotopic (exact) mass is 646 g/mol. The number of unbranched alkanes of at least 4 members (excludes halogenated alkanes) is 7. The molecule has 2 aromatic carbocycles. The van der Waals surface area contributed by atoms with E-state index in [9.17, 15) is 0 Å². The second-order valence-corrected chi connectivity index (χ2v) is 15.2. The van der Waals surface area contributed by atoms with Crippen molar-refractivity contribution in [3.05, 3.63) is 59.7 Å². The lowest BCUT2D eigenvalue weighted by atomic mass is 9.72.